The first-order valence-electron chi connectivity index (χ1n) is 11.0. The number of halogens is 4. The molecule has 0 radical (unpaired) electrons. The van der Waals surface area contributed by atoms with Gasteiger partial charge in [0.1, 0.15) is 0 Å². The highest BCUT2D eigenvalue weighted by molar-refractivity contribution is 7.89. The van der Waals surface area contributed by atoms with E-state index in [4.69, 9.17) is 11.6 Å². The van der Waals surface area contributed by atoms with Gasteiger partial charge in [-0.25, -0.2) is 8.42 Å². The number of pyridine rings is 1. The summed E-state index contributed by atoms with van der Waals surface area (Å²) in [5.41, 5.74) is 0.292. The Morgan fingerprint density at radius 2 is 1.79 bits per heavy atom. The summed E-state index contributed by atoms with van der Waals surface area (Å²) in [6.07, 6.45) is -1.24. The number of rotatable bonds is 6. The van der Waals surface area contributed by atoms with Gasteiger partial charge in [-0.05, 0) is 66.6 Å². The molecule has 0 atom stereocenters. The Bertz CT molecular complexity index is 1380. The SMILES string of the molecule is CCc1ccc2[nH]c(=O)c(CN(C3CCCC3)S(=O)(=O)c3ccc(Cl)c(C(F)(F)F)c3)cc2c1. The number of hydrogen-bond acceptors (Lipinski definition) is 3. The number of alkyl halides is 3. The molecule has 1 saturated carbocycles. The van der Waals surface area contributed by atoms with Crippen molar-refractivity contribution in [2.45, 2.75) is 62.7 Å². The molecule has 0 aliphatic heterocycles. The molecule has 1 aliphatic rings. The van der Waals surface area contributed by atoms with E-state index in [1.807, 2.05) is 19.1 Å². The second kappa shape index (κ2) is 9.36. The number of benzene rings is 2. The van der Waals surface area contributed by atoms with Crippen LogP contribution in [0.15, 0.2) is 52.2 Å². The summed E-state index contributed by atoms with van der Waals surface area (Å²) < 4.78 is 68.5. The van der Waals surface area contributed by atoms with Gasteiger partial charge in [-0.2, -0.15) is 17.5 Å². The highest BCUT2D eigenvalue weighted by Gasteiger charge is 2.38. The van der Waals surface area contributed by atoms with Crippen LogP contribution < -0.4 is 5.56 Å². The molecule has 1 aromatic heterocycles. The van der Waals surface area contributed by atoms with Crippen LogP contribution >= 0.6 is 11.6 Å². The fourth-order valence-corrected chi connectivity index (χ4v) is 6.34. The quantitative estimate of drug-likeness (QED) is 0.447. The smallest absolute Gasteiger partial charge is 0.322 e. The summed E-state index contributed by atoms with van der Waals surface area (Å²) in [6, 6.07) is 9.48. The third kappa shape index (κ3) is 4.87. The van der Waals surface area contributed by atoms with E-state index in [0.717, 1.165) is 42.3 Å². The molecule has 3 aromatic rings. The average Bonchev–Trinajstić information content (AvgIpc) is 3.31. The van der Waals surface area contributed by atoms with Gasteiger partial charge in [-0.3, -0.25) is 4.79 Å². The van der Waals surface area contributed by atoms with Crippen LogP contribution in [0.5, 0.6) is 0 Å². The van der Waals surface area contributed by atoms with Crippen LogP contribution in [0.4, 0.5) is 13.2 Å². The molecular formula is C24H24ClF3N2O3S. The molecule has 10 heteroatoms. The molecule has 1 fully saturated rings. The summed E-state index contributed by atoms with van der Waals surface area (Å²) in [5, 5.41) is 0.195. The van der Waals surface area contributed by atoms with E-state index in [0.29, 0.717) is 24.4 Å². The number of aryl methyl sites for hydroxylation is 1. The molecular weight excluding hydrogens is 489 g/mol. The van der Waals surface area contributed by atoms with Crippen LogP contribution in [-0.4, -0.2) is 23.7 Å². The number of aromatic amines is 1. The summed E-state index contributed by atoms with van der Waals surface area (Å²) >= 11 is 5.69. The summed E-state index contributed by atoms with van der Waals surface area (Å²) in [5.74, 6) is 0. The third-order valence-corrected chi connectivity index (χ3v) is 8.53. The third-order valence-electron chi connectivity index (χ3n) is 6.30. The fraction of sp³-hybridized carbons (Fsp3) is 0.375. The number of nitrogens with zero attached hydrogens (tertiary/aromatic N) is 1. The van der Waals surface area contributed by atoms with Crippen molar-refractivity contribution in [1.82, 2.24) is 9.29 Å². The Balaban J connectivity index is 1.79. The lowest BCUT2D eigenvalue weighted by Crippen LogP contribution is -2.39. The molecule has 5 nitrogen and oxygen atoms in total. The van der Waals surface area contributed by atoms with Gasteiger partial charge >= 0.3 is 6.18 Å². The van der Waals surface area contributed by atoms with E-state index in [9.17, 15) is 26.4 Å². The number of H-pyrrole nitrogens is 1. The topological polar surface area (TPSA) is 70.2 Å². The minimum Gasteiger partial charge on any atom is -0.322 e. The summed E-state index contributed by atoms with van der Waals surface area (Å²) in [7, 11) is -4.34. The largest absolute Gasteiger partial charge is 0.417 e. The number of sulfonamides is 1. The van der Waals surface area contributed by atoms with E-state index in [1.54, 1.807) is 12.1 Å². The van der Waals surface area contributed by atoms with E-state index in [1.165, 1.54) is 4.31 Å². The minimum atomic E-state index is -4.80. The first kappa shape index (κ1) is 24.8. The lowest BCUT2D eigenvalue weighted by Gasteiger charge is -2.28. The zero-order valence-corrected chi connectivity index (χ0v) is 20.0. The fourth-order valence-electron chi connectivity index (χ4n) is 4.43. The van der Waals surface area contributed by atoms with E-state index in [2.05, 4.69) is 4.98 Å². The van der Waals surface area contributed by atoms with Crippen LogP contribution in [0.25, 0.3) is 10.9 Å². The molecule has 1 aliphatic carbocycles. The lowest BCUT2D eigenvalue weighted by atomic mass is 10.1. The molecule has 0 amide bonds. The number of aromatic nitrogens is 1. The zero-order chi connectivity index (χ0) is 24.7. The monoisotopic (exact) mass is 512 g/mol. The molecule has 1 N–H and O–H groups in total. The van der Waals surface area contributed by atoms with Crippen molar-refractivity contribution in [3.05, 3.63) is 74.5 Å². The van der Waals surface area contributed by atoms with Crippen molar-refractivity contribution in [2.75, 3.05) is 0 Å². The Labute approximate surface area is 200 Å². The number of fused-ring (bicyclic) bond motifs is 1. The molecule has 0 bridgehead atoms. The van der Waals surface area contributed by atoms with Crippen molar-refractivity contribution in [3.63, 3.8) is 0 Å². The molecule has 0 saturated heterocycles. The predicted octanol–water partition coefficient (Wildman–Crippen LogP) is 5.90. The van der Waals surface area contributed by atoms with Crippen molar-refractivity contribution in [3.8, 4) is 0 Å². The number of hydrogen-bond donors (Lipinski definition) is 1. The van der Waals surface area contributed by atoms with Crippen molar-refractivity contribution in [1.29, 1.82) is 0 Å². The van der Waals surface area contributed by atoms with Crippen LogP contribution in [-0.2, 0) is 29.2 Å². The Morgan fingerprint density at radius 3 is 2.44 bits per heavy atom. The van der Waals surface area contributed by atoms with Gasteiger partial charge in [-0.1, -0.05) is 37.4 Å². The van der Waals surface area contributed by atoms with Crippen molar-refractivity contribution >= 4 is 32.5 Å². The average molecular weight is 513 g/mol. The lowest BCUT2D eigenvalue weighted by molar-refractivity contribution is -0.137. The van der Waals surface area contributed by atoms with Gasteiger partial charge in [0, 0.05) is 23.7 Å². The first-order valence-corrected chi connectivity index (χ1v) is 12.9. The highest BCUT2D eigenvalue weighted by atomic mass is 35.5. The van der Waals surface area contributed by atoms with Crippen molar-refractivity contribution in [2.24, 2.45) is 0 Å². The molecule has 182 valence electrons. The second-order valence-corrected chi connectivity index (χ2v) is 10.8. The zero-order valence-electron chi connectivity index (χ0n) is 18.5. The van der Waals surface area contributed by atoms with Crippen LogP contribution in [0, 0.1) is 0 Å². The molecule has 0 spiro atoms. The molecule has 1 heterocycles. The first-order chi connectivity index (χ1) is 16.0. The van der Waals surface area contributed by atoms with Crippen molar-refractivity contribution < 1.29 is 21.6 Å². The normalized spacial score (nSPS) is 15.5. The van der Waals surface area contributed by atoms with Gasteiger partial charge in [-0.15, -0.1) is 0 Å². The summed E-state index contributed by atoms with van der Waals surface area (Å²) in [6.45, 7) is 1.77. The van der Waals surface area contributed by atoms with Crippen LogP contribution in [0.3, 0.4) is 0 Å². The summed E-state index contributed by atoms with van der Waals surface area (Å²) in [4.78, 5) is 15.1. The van der Waals surface area contributed by atoms with E-state index < -0.39 is 43.3 Å². The van der Waals surface area contributed by atoms with Gasteiger partial charge in [0.05, 0.1) is 15.5 Å². The van der Waals surface area contributed by atoms with Gasteiger partial charge in [0.2, 0.25) is 10.0 Å². The standard InChI is InChI=1S/C24H24ClF3N2O3S/c1-2-15-7-10-22-16(11-15)12-17(23(31)29-22)14-30(18-5-3-4-6-18)34(32,33)19-8-9-21(25)20(13-19)24(26,27)28/h7-13,18H,2-6,14H2,1H3,(H,29,31). The van der Waals surface area contributed by atoms with E-state index >= 15 is 0 Å². The van der Waals surface area contributed by atoms with Gasteiger partial charge < -0.3 is 4.98 Å². The Kier molecular flexibility index (Phi) is 6.81. The molecule has 4 rings (SSSR count). The van der Waals surface area contributed by atoms with Gasteiger partial charge in [0.15, 0.2) is 0 Å². The maximum Gasteiger partial charge on any atom is 0.417 e. The molecule has 0 unspecified atom stereocenters. The maximum absolute atomic E-state index is 13.6. The van der Waals surface area contributed by atoms with Gasteiger partial charge in [0.25, 0.3) is 5.56 Å². The van der Waals surface area contributed by atoms with Crippen LogP contribution in [0.2, 0.25) is 5.02 Å². The highest BCUT2D eigenvalue weighted by Crippen LogP contribution is 2.37. The predicted molar refractivity (Wildman–Crippen MR) is 125 cm³/mol. The maximum atomic E-state index is 13.6. The Morgan fingerprint density at radius 1 is 1.09 bits per heavy atom. The minimum absolute atomic E-state index is 0.237. The molecule has 2 aromatic carbocycles. The second-order valence-electron chi connectivity index (χ2n) is 8.53. The Hall–Kier alpha value is -2.36. The number of nitrogens with one attached hydrogen (secondary N) is 1. The molecule has 34 heavy (non-hydrogen) atoms. The van der Waals surface area contributed by atoms with Crippen LogP contribution in [0.1, 0.15) is 49.3 Å². The van der Waals surface area contributed by atoms with E-state index in [-0.39, 0.29) is 12.1 Å².